The van der Waals surface area contributed by atoms with Crippen LogP contribution in [0, 0.1) is 0 Å². The topological polar surface area (TPSA) is 70.6 Å². The minimum atomic E-state index is 0.00855. The average Bonchev–Trinajstić information content (AvgIpc) is 2.74. The Labute approximate surface area is 173 Å². The fraction of sp³-hybridized carbons (Fsp3) is 0.500. The van der Waals surface area contributed by atoms with Crippen molar-refractivity contribution in [2.45, 2.75) is 31.7 Å². The molecule has 1 atom stereocenters. The summed E-state index contributed by atoms with van der Waals surface area (Å²) in [6.45, 7) is 2.38. The van der Waals surface area contributed by atoms with Gasteiger partial charge in [0.1, 0.15) is 17.4 Å². The minimum Gasteiger partial charge on any atom is -0.496 e. The highest BCUT2D eigenvalue weighted by Gasteiger charge is 2.20. The third-order valence-corrected chi connectivity index (χ3v) is 5.29. The number of carbonyl (C=O) groups is 1. The van der Waals surface area contributed by atoms with Crippen molar-refractivity contribution in [1.82, 2.24) is 20.2 Å². The number of amides is 1. The number of hydrogen-bond acceptors (Lipinski definition) is 6. The largest absolute Gasteiger partial charge is 0.496 e. The predicted molar refractivity (Wildman–Crippen MR) is 114 cm³/mol. The van der Waals surface area contributed by atoms with E-state index in [1.807, 2.05) is 43.3 Å². The summed E-state index contributed by atoms with van der Waals surface area (Å²) in [5, 5.41) is 3.45. The summed E-state index contributed by atoms with van der Waals surface area (Å²) in [4.78, 5) is 25.9. The number of aromatic nitrogens is 2. The van der Waals surface area contributed by atoms with Gasteiger partial charge in [-0.25, -0.2) is 9.97 Å². The SMILES string of the molecule is COc1ccccc1CC(=O)N(C)Cc1nc([C@H]2CCCNC2)cc(N(C)C)n1. The summed E-state index contributed by atoms with van der Waals surface area (Å²) in [5.41, 5.74) is 1.93. The van der Waals surface area contributed by atoms with Crippen LogP contribution in [0.3, 0.4) is 0 Å². The van der Waals surface area contributed by atoms with E-state index in [2.05, 4.69) is 16.4 Å². The molecule has 29 heavy (non-hydrogen) atoms. The molecule has 3 rings (SSSR count). The fourth-order valence-corrected chi connectivity index (χ4v) is 3.56. The maximum Gasteiger partial charge on any atom is 0.227 e. The van der Waals surface area contributed by atoms with Crippen molar-refractivity contribution in [3.63, 3.8) is 0 Å². The number of para-hydroxylation sites is 1. The first kappa shape index (κ1) is 21.0. The Bertz CT molecular complexity index is 834. The summed E-state index contributed by atoms with van der Waals surface area (Å²) in [6.07, 6.45) is 2.56. The lowest BCUT2D eigenvalue weighted by molar-refractivity contribution is -0.129. The molecular weight excluding hydrogens is 366 g/mol. The molecule has 2 aromatic rings. The van der Waals surface area contributed by atoms with Gasteiger partial charge in [-0.2, -0.15) is 0 Å². The lowest BCUT2D eigenvalue weighted by Crippen LogP contribution is -2.31. The summed E-state index contributed by atoms with van der Waals surface area (Å²) < 4.78 is 5.36. The molecule has 1 aliphatic rings. The van der Waals surface area contributed by atoms with E-state index in [1.54, 1.807) is 19.1 Å². The number of benzene rings is 1. The Morgan fingerprint density at radius 3 is 2.72 bits per heavy atom. The monoisotopic (exact) mass is 397 g/mol. The van der Waals surface area contributed by atoms with Crippen LogP contribution in [0.15, 0.2) is 30.3 Å². The van der Waals surface area contributed by atoms with Crippen LogP contribution in [-0.2, 0) is 17.8 Å². The number of methoxy groups -OCH3 is 1. The van der Waals surface area contributed by atoms with Gasteiger partial charge in [-0.05, 0) is 25.5 Å². The van der Waals surface area contributed by atoms with Crippen molar-refractivity contribution in [1.29, 1.82) is 0 Å². The average molecular weight is 398 g/mol. The highest BCUT2D eigenvalue weighted by molar-refractivity contribution is 5.79. The zero-order valence-corrected chi connectivity index (χ0v) is 17.8. The molecule has 1 aromatic carbocycles. The van der Waals surface area contributed by atoms with E-state index in [1.165, 1.54) is 0 Å². The van der Waals surface area contributed by atoms with Gasteiger partial charge in [0.25, 0.3) is 0 Å². The van der Waals surface area contributed by atoms with E-state index < -0.39 is 0 Å². The van der Waals surface area contributed by atoms with E-state index >= 15 is 0 Å². The summed E-state index contributed by atoms with van der Waals surface area (Å²) in [5.74, 6) is 2.68. The van der Waals surface area contributed by atoms with Gasteiger partial charge >= 0.3 is 0 Å². The first-order valence-corrected chi connectivity index (χ1v) is 10.1. The number of nitrogens with zero attached hydrogens (tertiary/aromatic N) is 4. The van der Waals surface area contributed by atoms with Crippen molar-refractivity contribution >= 4 is 11.7 Å². The second-order valence-electron chi connectivity index (χ2n) is 7.74. The molecule has 0 saturated carbocycles. The molecule has 1 aliphatic heterocycles. The molecular formula is C22H31N5O2. The maximum atomic E-state index is 12.8. The number of nitrogens with one attached hydrogen (secondary N) is 1. The standard InChI is InChI=1S/C22H31N5O2/c1-26(2)21-13-18(17-9-7-11-23-14-17)24-20(25-21)15-27(3)22(28)12-16-8-5-6-10-19(16)29-4/h5-6,8,10,13,17,23H,7,9,11-12,14-15H2,1-4H3/t17-/m0/s1. The highest BCUT2D eigenvalue weighted by atomic mass is 16.5. The minimum absolute atomic E-state index is 0.00855. The van der Waals surface area contributed by atoms with E-state index in [4.69, 9.17) is 9.72 Å². The van der Waals surface area contributed by atoms with Crippen molar-refractivity contribution in [3.05, 3.63) is 47.4 Å². The van der Waals surface area contributed by atoms with E-state index in [9.17, 15) is 4.79 Å². The van der Waals surface area contributed by atoms with E-state index in [0.29, 0.717) is 18.3 Å². The van der Waals surface area contributed by atoms with Crippen molar-refractivity contribution in [2.75, 3.05) is 46.2 Å². The molecule has 156 valence electrons. The van der Waals surface area contributed by atoms with Crippen LogP contribution in [0.5, 0.6) is 5.75 Å². The predicted octanol–water partition coefficient (Wildman–Crippen LogP) is 2.22. The lowest BCUT2D eigenvalue weighted by atomic mass is 9.96. The van der Waals surface area contributed by atoms with Gasteiger partial charge in [-0.3, -0.25) is 4.79 Å². The van der Waals surface area contributed by atoms with Crippen molar-refractivity contribution in [3.8, 4) is 5.75 Å². The Hall–Kier alpha value is -2.67. The Morgan fingerprint density at radius 2 is 2.03 bits per heavy atom. The summed E-state index contributed by atoms with van der Waals surface area (Å²) >= 11 is 0. The third-order valence-electron chi connectivity index (χ3n) is 5.29. The molecule has 0 spiro atoms. The number of rotatable bonds is 7. The maximum absolute atomic E-state index is 12.8. The number of likely N-dealkylation sites (N-methyl/N-ethyl adjacent to an activating group) is 1. The zero-order valence-electron chi connectivity index (χ0n) is 17.8. The van der Waals surface area contributed by atoms with Crippen LogP contribution < -0.4 is 15.0 Å². The third kappa shape index (κ3) is 5.44. The number of carbonyl (C=O) groups excluding carboxylic acids is 1. The smallest absolute Gasteiger partial charge is 0.227 e. The molecule has 1 saturated heterocycles. The molecule has 0 aliphatic carbocycles. The van der Waals surface area contributed by atoms with Gasteiger partial charge in [0.05, 0.1) is 25.8 Å². The second-order valence-corrected chi connectivity index (χ2v) is 7.74. The van der Waals surface area contributed by atoms with Crippen LogP contribution in [-0.4, -0.2) is 62.1 Å². The molecule has 1 fully saturated rings. The van der Waals surface area contributed by atoms with Gasteiger partial charge in [0.2, 0.25) is 5.91 Å². The van der Waals surface area contributed by atoms with Crippen LogP contribution in [0.25, 0.3) is 0 Å². The fourth-order valence-electron chi connectivity index (χ4n) is 3.56. The number of piperidine rings is 1. The molecule has 2 heterocycles. The Kier molecular flexibility index (Phi) is 7.04. The molecule has 1 N–H and O–H groups in total. The van der Waals surface area contributed by atoms with Crippen LogP contribution >= 0.6 is 0 Å². The molecule has 0 unspecified atom stereocenters. The highest BCUT2D eigenvalue weighted by Crippen LogP contribution is 2.24. The van der Waals surface area contributed by atoms with Crippen molar-refractivity contribution in [2.24, 2.45) is 0 Å². The number of hydrogen-bond donors (Lipinski definition) is 1. The van der Waals surface area contributed by atoms with Crippen LogP contribution in [0.2, 0.25) is 0 Å². The summed E-state index contributed by atoms with van der Waals surface area (Å²) in [7, 11) is 7.37. The van der Waals surface area contributed by atoms with Gasteiger partial charge in [0.15, 0.2) is 0 Å². The molecule has 7 nitrogen and oxygen atoms in total. The molecule has 7 heteroatoms. The van der Waals surface area contributed by atoms with E-state index in [-0.39, 0.29) is 12.3 Å². The first-order chi connectivity index (χ1) is 14.0. The molecule has 1 amide bonds. The molecule has 0 radical (unpaired) electrons. The summed E-state index contributed by atoms with van der Waals surface area (Å²) in [6, 6.07) is 9.68. The van der Waals surface area contributed by atoms with Gasteiger partial charge in [0, 0.05) is 45.2 Å². The molecule has 1 aromatic heterocycles. The number of anilines is 1. The second kappa shape index (κ2) is 9.69. The lowest BCUT2D eigenvalue weighted by Gasteiger charge is -2.25. The first-order valence-electron chi connectivity index (χ1n) is 10.1. The Balaban J connectivity index is 1.75. The van der Waals surface area contributed by atoms with Crippen LogP contribution in [0.4, 0.5) is 5.82 Å². The molecule has 0 bridgehead atoms. The van der Waals surface area contributed by atoms with Gasteiger partial charge < -0.3 is 19.9 Å². The van der Waals surface area contributed by atoms with Gasteiger partial charge in [-0.1, -0.05) is 18.2 Å². The Morgan fingerprint density at radius 1 is 1.24 bits per heavy atom. The van der Waals surface area contributed by atoms with E-state index in [0.717, 1.165) is 48.8 Å². The van der Waals surface area contributed by atoms with Crippen LogP contribution in [0.1, 0.15) is 35.8 Å². The quantitative estimate of drug-likeness (QED) is 0.773. The number of ether oxygens (including phenoxy) is 1. The zero-order chi connectivity index (χ0) is 20.8. The van der Waals surface area contributed by atoms with Crippen molar-refractivity contribution < 1.29 is 9.53 Å². The normalized spacial score (nSPS) is 16.3. The van der Waals surface area contributed by atoms with Gasteiger partial charge in [-0.15, -0.1) is 0 Å².